The van der Waals surface area contributed by atoms with Gasteiger partial charge in [0.1, 0.15) is 0 Å². The molecule has 1 heteroatoms. The van der Waals surface area contributed by atoms with Crippen molar-refractivity contribution in [3.05, 3.63) is 35.4 Å². The van der Waals surface area contributed by atoms with Crippen molar-refractivity contribution in [2.75, 3.05) is 0 Å². The molecule has 3 atom stereocenters. The van der Waals surface area contributed by atoms with Gasteiger partial charge in [0.2, 0.25) is 0 Å². The van der Waals surface area contributed by atoms with Crippen LogP contribution in [0, 0.1) is 18.8 Å². The molecule has 1 aromatic carbocycles. The van der Waals surface area contributed by atoms with Crippen LogP contribution in [0.5, 0.6) is 0 Å². The van der Waals surface area contributed by atoms with E-state index < -0.39 is 5.60 Å². The van der Waals surface area contributed by atoms with Crippen LogP contribution < -0.4 is 0 Å². The molecule has 1 N–H and O–H groups in total. The lowest BCUT2D eigenvalue weighted by atomic mass is 9.67. The quantitative estimate of drug-likeness (QED) is 0.763. The van der Waals surface area contributed by atoms with E-state index in [1.807, 2.05) is 0 Å². The van der Waals surface area contributed by atoms with Gasteiger partial charge < -0.3 is 5.11 Å². The highest BCUT2D eigenvalue weighted by atomic mass is 16.3. The van der Waals surface area contributed by atoms with Crippen LogP contribution >= 0.6 is 0 Å². The Labute approximate surface area is 98.5 Å². The van der Waals surface area contributed by atoms with Gasteiger partial charge in [0.25, 0.3) is 0 Å². The summed E-state index contributed by atoms with van der Waals surface area (Å²) in [6.45, 7) is 6.53. The van der Waals surface area contributed by atoms with Gasteiger partial charge in [-0.3, -0.25) is 0 Å². The Kier molecular flexibility index (Phi) is 3.07. The Morgan fingerprint density at radius 1 is 1.31 bits per heavy atom. The van der Waals surface area contributed by atoms with Gasteiger partial charge in [-0.05, 0) is 37.2 Å². The van der Waals surface area contributed by atoms with Crippen LogP contribution in [-0.2, 0) is 5.60 Å². The normalized spacial score (nSPS) is 35.0. The van der Waals surface area contributed by atoms with E-state index in [-0.39, 0.29) is 0 Å². The molecule has 1 nitrogen and oxygen atoms in total. The molecule has 0 aromatic heterocycles. The summed E-state index contributed by atoms with van der Waals surface area (Å²) >= 11 is 0. The van der Waals surface area contributed by atoms with E-state index in [2.05, 4.69) is 45.0 Å². The summed E-state index contributed by atoms with van der Waals surface area (Å²) in [5, 5.41) is 10.9. The van der Waals surface area contributed by atoms with Crippen molar-refractivity contribution < 1.29 is 5.11 Å². The lowest BCUT2D eigenvalue weighted by molar-refractivity contribution is -0.0688. The average molecular weight is 218 g/mol. The first-order valence-corrected chi connectivity index (χ1v) is 6.33. The second-order valence-corrected chi connectivity index (χ2v) is 5.45. The van der Waals surface area contributed by atoms with Gasteiger partial charge in [-0.2, -0.15) is 0 Å². The molecular weight excluding hydrogens is 196 g/mol. The zero-order chi connectivity index (χ0) is 11.8. The van der Waals surface area contributed by atoms with E-state index >= 15 is 0 Å². The minimum absolute atomic E-state index is 0.350. The average Bonchev–Trinajstić information content (AvgIpc) is 2.26. The van der Waals surface area contributed by atoms with Gasteiger partial charge in [-0.25, -0.2) is 0 Å². The van der Waals surface area contributed by atoms with Crippen LogP contribution in [0.4, 0.5) is 0 Å². The summed E-state index contributed by atoms with van der Waals surface area (Å²) in [5.41, 5.74) is 1.73. The lowest BCUT2D eigenvalue weighted by Gasteiger charge is -2.42. The van der Waals surface area contributed by atoms with Crippen molar-refractivity contribution in [1.29, 1.82) is 0 Å². The van der Waals surface area contributed by atoms with E-state index in [4.69, 9.17) is 0 Å². The SMILES string of the molecule is Cc1cccc(C2(O)CCCC(C)C2C)c1. The van der Waals surface area contributed by atoms with Gasteiger partial charge in [-0.15, -0.1) is 0 Å². The minimum Gasteiger partial charge on any atom is -0.385 e. The summed E-state index contributed by atoms with van der Waals surface area (Å²) in [4.78, 5) is 0. The Bertz CT molecular complexity index is 371. The van der Waals surface area contributed by atoms with E-state index in [1.165, 1.54) is 12.0 Å². The zero-order valence-corrected chi connectivity index (χ0v) is 10.5. The molecule has 0 amide bonds. The molecule has 0 heterocycles. The molecular formula is C15H22O. The highest BCUT2D eigenvalue weighted by Gasteiger charge is 2.40. The van der Waals surface area contributed by atoms with Crippen LogP contribution in [0.1, 0.15) is 44.2 Å². The van der Waals surface area contributed by atoms with Crippen molar-refractivity contribution >= 4 is 0 Å². The van der Waals surface area contributed by atoms with Crippen LogP contribution in [0.2, 0.25) is 0 Å². The van der Waals surface area contributed by atoms with Crippen LogP contribution in [0.15, 0.2) is 24.3 Å². The third-order valence-corrected chi connectivity index (χ3v) is 4.34. The molecule has 16 heavy (non-hydrogen) atoms. The molecule has 0 radical (unpaired) electrons. The first-order chi connectivity index (χ1) is 7.54. The maximum atomic E-state index is 10.9. The van der Waals surface area contributed by atoms with Gasteiger partial charge in [0.15, 0.2) is 0 Å². The number of aliphatic hydroxyl groups is 1. The van der Waals surface area contributed by atoms with E-state index in [0.717, 1.165) is 18.4 Å². The van der Waals surface area contributed by atoms with E-state index in [9.17, 15) is 5.11 Å². The minimum atomic E-state index is -0.607. The fourth-order valence-corrected chi connectivity index (χ4v) is 2.96. The summed E-state index contributed by atoms with van der Waals surface area (Å²) in [6, 6.07) is 8.34. The van der Waals surface area contributed by atoms with Crippen molar-refractivity contribution in [3.8, 4) is 0 Å². The second kappa shape index (κ2) is 4.21. The number of benzene rings is 1. The maximum Gasteiger partial charge on any atom is 0.0924 e. The van der Waals surface area contributed by atoms with Crippen molar-refractivity contribution in [1.82, 2.24) is 0 Å². The zero-order valence-electron chi connectivity index (χ0n) is 10.5. The first-order valence-electron chi connectivity index (χ1n) is 6.33. The van der Waals surface area contributed by atoms with Crippen LogP contribution in [0.3, 0.4) is 0 Å². The monoisotopic (exact) mass is 218 g/mol. The smallest absolute Gasteiger partial charge is 0.0924 e. The number of hydrogen-bond acceptors (Lipinski definition) is 1. The topological polar surface area (TPSA) is 20.2 Å². The number of hydrogen-bond donors (Lipinski definition) is 1. The molecule has 1 fully saturated rings. The molecule has 3 unspecified atom stereocenters. The summed E-state index contributed by atoms with van der Waals surface area (Å²) < 4.78 is 0. The van der Waals surface area contributed by atoms with E-state index in [0.29, 0.717) is 11.8 Å². The van der Waals surface area contributed by atoms with Gasteiger partial charge in [-0.1, -0.05) is 50.1 Å². The third kappa shape index (κ3) is 1.89. The van der Waals surface area contributed by atoms with E-state index in [1.54, 1.807) is 0 Å². The van der Waals surface area contributed by atoms with Crippen molar-refractivity contribution in [2.24, 2.45) is 11.8 Å². The van der Waals surface area contributed by atoms with Crippen LogP contribution in [-0.4, -0.2) is 5.11 Å². The Balaban J connectivity index is 2.36. The first kappa shape index (κ1) is 11.7. The summed E-state index contributed by atoms with van der Waals surface area (Å²) in [7, 11) is 0. The molecule has 0 spiro atoms. The molecule has 1 aliphatic carbocycles. The maximum absolute atomic E-state index is 10.9. The molecule has 1 aliphatic rings. The predicted molar refractivity (Wildman–Crippen MR) is 67.3 cm³/mol. The number of rotatable bonds is 1. The molecule has 0 saturated heterocycles. The molecule has 0 bridgehead atoms. The van der Waals surface area contributed by atoms with Gasteiger partial charge in [0.05, 0.1) is 5.60 Å². The fourth-order valence-electron chi connectivity index (χ4n) is 2.96. The van der Waals surface area contributed by atoms with Crippen LogP contribution in [0.25, 0.3) is 0 Å². The Morgan fingerprint density at radius 2 is 2.06 bits per heavy atom. The molecule has 1 saturated carbocycles. The lowest BCUT2D eigenvalue weighted by Crippen LogP contribution is -2.40. The summed E-state index contributed by atoms with van der Waals surface area (Å²) in [5.74, 6) is 0.960. The predicted octanol–water partition coefficient (Wildman–Crippen LogP) is 3.64. The van der Waals surface area contributed by atoms with Gasteiger partial charge in [0, 0.05) is 0 Å². The van der Waals surface area contributed by atoms with Crippen molar-refractivity contribution in [2.45, 2.75) is 45.6 Å². The number of aryl methyl sites for hydroxylation is 1. The Hall–Kier alpha value is -0.820. The largest absolute Gasteiger partial charge is 0.385 e. The molecule has 0 aliphatic heterocycles. The van der Waals surface area contributed by atoms with Crippen molar-refractivity contribution in [3.63, 3.8) is 0 Å². The molecule has 88 valence electrons. The second-order valence-electron chi connectivity index (χ2n) is 5.45. The third-order valence-electron chi connectivity index (χ3n) is 4.34. The molecule has 1 aromatic rings. The Morgan fingerprint density at radius 3 is 2.75 bits per heavy atom. The highest BCUT2D eigenvalue weighted by molar-refractivity contribution is 5.28. The standard InChI is InChI=1S/C15H22O/c1-11-6-4-8-14(10-11)15(16)9-5-7-12(2)13(15)3/h4,6,8,10,12-13,16H,5,7,9H2,1-3H3. The molecule has 2 rings (SSSR count). The van der Waals surface area contributed by atoms with Gasteiger partial charge >= 0.3 is 0 Å². The fraction of sp³-hybridized carbons (Fsp3) is 0.600. The summed E-state index contributed by atoms with van der Waals surface area (Å²) in [6.07, 6.45) is 3.28. The highest BCUT2D eigenvalue weighted by Crippen LogP contribution is 2.44.